The first kappa shape index (κ1) is 15.3. The summed E-state index contributed by atoms with van der Waals surface area (Å²) in [6.07, 6.45) is 2.28. The summed E-state index contributed by atoms with van der Waals surface area (Å²) in [5.41, 5.74) is 1.56. The maximum absolute atomic E-state index is 14.0. The smallest absolute Gasteiger partial charge is 0.255 e. The van der Waals surface area contributed by atoms with Crippen molar-refractivity contribution in [2.24, 2.45) is 0 Å². The molecule has 0 unspecified atom stereocenters. The second-order valence-corrected chi connectivity index (χ2v) is 5.54. The predicted octanol–water partition coefficient (Wildman–Crippen LogP) is 3.69. The van der Waals surface area contributed by atoms with Crippen molar-refractivity contribution >= 4 is 17.3 Å². The van der Waals surface area contributed by atoms with Gasteiger partial charge in [0.25, 0.3) is 5.91 Å². The highest BCUT2D eigenvalue weighted by molar-refractivity contribution is 6.04. The van der Waals surface area contributed by atoms with Gasteiger partial charge in [-0.25, -0.2) is 4.39 Å². The molecule has 1 aliphatic rings. The number of rotatable bonds is 4. The van der Waals surface area contributed by atoms with Crippen LogP contribution < -0.4 is 15.0 Å². The molecule has 2 aromatic carbocycles. The standard InChI is InChI=1S/C18H19FN2O2/c1-23-15-6-4-5-13(11-15)18(22)20-17-12-14(7-8-16(17)19)21-9-2-3-10-21/h4-8,11-12H,2-3,9-10H2,1H3,(H,20,22). The molecule has 2 aromatic rings. The lowest BCUT2D eigenvalue weighted by Crippen LogP contribution is -2.18. The van der Waals surface area contributed by atoms with Gasteiger partial charge in [0.2, 0.25) is 0 Å². The van der Waals surface area contributed by atoms with E-state index in [1.54, 1.807) is 36.4 Å². The van der Waals surface area contributed by atoms with Crippen LogP contribution >= 0.6 is 0 Å². The number of nitrogens with one attached hydrogen (secondary N) is 1. The number of halogens is 1. The third-order valence-corrected chi connectivity index (χ3v) is 4.00. The average molecular weight is 314 g/mol. The fourth-order valence-corrected chi connectivity index (χ4v) is 2.74. The average Bonchev–Trinajstić information content (AvgIpc) is 3.11. The molecule has 4 nitrogen and oxygen atoms in total. The van der Waals surface area contributed by atoms with Gasteiger partial charge in [0.15, 0.2) is 0 Å². The molecule has 1 N–H and O–H groups in total. The minimum atomic E-state index is -0.441. The molecule has 0 aromatic heterocycles. The van der Waals surface area contributed by atoms with Crippen molar-refractivity contribution in [1.82, 2.24) is 0 Å². The number of hydrogen-bond acceptors (Lipinski definition) is 3. The Morgan fingerprint density at radius 1 is 1.17 bits per heavy atom. The van der Waals surface area contributed by atoms with Gasteiger partial charge in [-0.05, 0) is 49.2 Å². The molecule has 0 radical (unpaired) electrons. The number of benzene rings is 2. The second-order valence-electron chi connectivity index (χ2n) is 5.54. The van der Waals surface area contributed by atoms with Gasteiger partial charge in [-0.3, -0.25) is 4.79 Å². The highest BCUT2D eigenvalue weighted by atomic mass is 19.1. The van der Waals surface area contributed by atoms with Crippen LogP contribution in [0.5, 0.6) is 5.75 Å². The molecule has 1 amide bonds. The van der Waals surface area contributed by atoms with Gasteiger partial charge in [-0.2, -0.15) is 0 Å². The van der Waals surface area contributed by atoms with Gasteiger partial charge in [0.05, 0.1) is 12.8 Å². The molecule has 120 valence electrons. The summed E-state index contributed by atoms with van der Waals surface area (Å²) in [6, 6.07) is 11.6. The summed E-state index contributed by atoms with van der Waals surface area (Å²) < 4.78 is 19.1. The van der Waals surface area contributed by atoms with Gasteiger partial charge in [-0.1, -0.05) is 6.07 Å². The topological polar surface area (TPSA) is 41.6 Å². The Hall–Kier alpha value is -2.56. The molecule has 1 saturated heterocycles. The first-order valence-corrected chi connectivity index (χ1v) is 7.67. The summed E-state index contributed by atoms with van der Waals surface area (Å²) in [5, 5.41) is 2.65. The van der Waals surface area contributed by atoms with Gasteiger partial charge in [0.1, 0.15) is 11.6 Å². The summed E-state index contributed by atoms with van der Waals surface area (Å²) in [7, 11) is 1.54. The summed E-state index contributed by atoms with van der Waals surface area (Å²) in [6.45, 7) is 1.93. The molecule has 0 aliphatic carbocycles. The molecule has 3 rings (SSSR count). The Bertz CT molecular complexity index is 712. The number of nitrogens with zero attached hydrogens (tertiary/aromatic N) is 1. The molecule has 1 aliphatic heterocycles. The zero-order valence-electron chi connectivity index (χ0n) is 13.0. The van der Waals surface area contributed by atoms with Gasteiger partial charge < -0.3 is 15.0 Å². The number of ether oxygens (including phenoxy) is 1. The molecule has 0 atom stereocenters. The van der Waals surface area contributed by atoms with E-state index < -0.39 is 5.82 Å². The minimum Gasteiger partial charge on any atom is -0.497 e. The molecule has 0 spiro atoms. The molecule has 1 fully saturated rings. The van der Waals surface area contributed by atoms with E-state index >= 15 is 0 Å². The number of methoxy groups -OCH3 is 1. The van der Waals surface area contributed by atoms with Crippen molar-refractivity contribution in [3.63, 3.8) is 0 Å². The first-order chi connectivity index (χ1) is 11.2. The largest absolute Gasteiger partial charge is 0.497 e. The molecule has 5 heteroatoms. The van der Waals surface area contributed by atoms with Crippen molar-refractivity contribution in [2.75, 3.05) is 30.4 Å². The highest BCUT2D eigenvalue weighted by Crippen LogP contribution is 2.26. The van der Waals surface area contributed by atoms with Crippen LogP contribution in [0.15, 0.2) is 42.5 Å². The lowest BCUT2D eigenvalue weighted by atomic mass is 10.2. The zero-order valence-corrected chi connectivity index (χ0v) is 13.0. The van der Waals surface area contributed by atoms with Gasteiger partial charge in [0, 0.05) is 24.3 Å². The monoisotopic (exact) mass is 314 g/mol. The Kier molecular flexibility index (Phi) is 4.46. The molecule has 1 heterocycles. The first-order valence-electron chi connectivity index (χ1n) is 7.67. The van der Waals surface area contributed by atoms with E-state index in [0.29, 0.717) is 11.3 Å². The van der Waals surface area contributed by atoms with E-state index in [1.807, 2.05) is 0 Å². The van der Waals surface area contributed by atoms with Crippen LogP contribution in [0, 0.1) is 5.82 Å². The van der Waals surface area contributed by atoms with Crippen molar-refractivity contribution in [1.29, 1.82) is 0 Å². The quantitative estimate of drug-likeness (QED) is 0.936. The zero-order chi connectivity index (χ0) is 16.2. The fourth-order valence-electron chi connectivity index (χ4n) is 2.74. The maximum atomic E-state index is 14.0. The maximum Gasteiger partial charge on any atom is 0.255 e. The van der Waals surface area contributed by atoms with Crippen LogP contribution in [0.4, 0.5) is 15.8 Å². The van der Waals surface area contributed by atoms with E-state index in [0.717, 1.165) is 31.6 Å². The summed E-state index contributed by atoms with van der Waals surface area (Å²) >= 11 is 0. The normalized spacial score (nSPS) is 13.9. The van der Waals surface area contributed by atoms with Crippen LogP contribution in [-0.2, 0) is 0 Å². The number of amides is 1. The third kappa shape index (κ3) is 3.44. The van der Waals surface area contributed by atoms with E-state index in [-0.39, 0.29) is 11.6 Å². The molecule has 0 saturated carbocycles. The number of carbonyl (C=O) groups is 1. The van der Waals surface area contributed by atoms with Gasteiger partial charge in [-0.15, -0.1) is 0 Å². The SMILES string of the molecule is COc1cccc(C(=O)Nc2cc(N3CCCC3)ccc2F)c1. The van der Waals surface area contributed by atoms with Crippen LogP contribution in [0.3, 0.4) is 0 Å². The van der Waals surface area contributed by atoms with E-state index in [2.05, 4.69) is 10.2 Å². The van der Waals surface area contributed by atoms with Crippen LogP contribution in [0.25, 0.3) is 0 Å². The second kappa shape index (κ2) is 6.69. The molecule has 0 bridgehead atoms. The Balaban J connectivity index is 1.80. The number of hydrogen-bond donors (Lipinski definition) is 1. The van der Waals surface area contributed by atoms with Crippen molar-refractivity contribution in [3.8, 4) is 5.75 Å². The van der Waals surface area contributed by atoms with Crippen LogP contribution in [0.2, 0.25) is 0 Å². The predicted molar refractivity (Wildman–Crippen MR) is 88.8 cm³/mol. The highest BCUT2D eigenvalue weighted by Gasteiger charge is 2.16. The van der Waals surface area contributed by atoms with Crippen molar-refractivity contribution in [2.45, 2.75) is 12.8 Å². The van der Waals surface area contributed by atoms with E-state index in [9.17, 15) is 9.18 Å². The third-order valence-electron chi connectivity index (χ3n) is 4.00. The Morgan fingerprint density at radius 2 is 1.96 bits per heavy atom. The Morgan fingerprint density at radius 3 is 2.70 bits per heavy atom. The number of carbonyl (C=O) groups excluding carboxylic acids is 1. The molecular weight excluding hydrogens is 295 g/mol. The molecule has 23 heavy (non-hydrogen) atoms. The van der Waals surface area contributed by atoms with Crippen molar-refractivity contribution < 1.29 is 13.9 Å². The van der Waals surface area contributed by atoms with Crippen molar-refractivity contribution in [3.05, 3.63) is 53.8 Å². The summed E-state index contributed by atoms with van der Waals surface area (Å²) in [4.78, 5) is 14.5. The lowest BCUT2D eigenvalue weighted by Gasteiger charge is -2.19. The van der Waals surface area contributed by atoms with Gasteiger partial charge >= 0.3 is 0 Å². The van der Waals surface area contributed by atoms with Crippen LogP contribution in [-0.4, -0.2) is 26.1 Å². The van der Waals surface area contributed by atoms with E-state index in [1.165, 1.54) is 13.2 Å². The number of anilines is 2. The summed E-state index contributed by atoms with van der Waals surface area (Å²) in [5.74, 6) is -0.213. The fraction of sp³-hybridized carbons (Fsp3) is 0.278. The van der Waals surface area contributed by atoms with Crippen LogP contribution in [0.1, 0.15) is 23.2 Å². The van der Waals surface area contributed by atoms with E-state index in [4.69, 9.17) is 4.74 Å². The lowest BCUT2D eigenvalue weighted by molar-refractivity contribution is 0.102. The Labute approximate surface area is 134 Å². The minimum absolute atomic E-state index is 0.196. The molecular formula is C18H19FN2O2.